The number of aromatic nitrogens is 1. The third-order valence-electron chi connectivity index (χ3n) is 4.00. The number of nitriles is 1. The highest BCUT2D eigenvalue weighted by molar-refractivity contribution is 7.99. The van der Waals surface area contributed by atoms with Crippen molar-refractivity contribution in [3.63, 3.8) is 0 Å². The van der Waals surface area contributed by atoms with Gasteiger partial charge in [-0.2, -0.15) is 5.26 Å². The molecule has 0 bridgehead atoms. The lowest BCUT2D eigenvalue weighted by Gasteiger charge is -2.12. The summed E-state index contributed by atoms with van der Waals surface area (Å²) in [5.41, 5.74) is 2.48. The van der Waals surface area contributed by atoms with Crippen LogP contribution in [0.25, 0.3) is 0 Å². The molecule has 2 aromatic carbocycles. The topological polar surface area (TPSA) is 55.1 Å². The Morgan fingerprint density at radius 2 is 1.79 bits per heavy atom. The molecule has 28 heavy (non-hydrogen) atoms. The molecule has 0 fully saturated rings. The Morgan fingerprint density at radius 3 is 2.36 bits per heavy atom. The molecule has 0 amide bonds. The third-order valence-corrected chi connectivity index (χ3v) is 5.95. The summed E-state index contributed by atoms with van der Waals surface area (Å²) in [6.07, 6.45) is 2.44. The van der Waals surface area contributed by atoms with Crippen LogP contribution in [0.5, 0.6) is 11.6 Å². The third kappa shape index (κ3) is 4.71. The zero-order chi connectivity index (χ0) is 20.1. The Morgan fingerprint density at radius 1 is 1.04 bits per heavy atom. The number of pyridine rings is 1. The van der Waals surface area contributed by atoms with Gasteiger partial charge in [-0.05, 0) is 41.5 Å². The van der Waals surface area contributed by atoms with Gasteiger partial charge >= 0.3 is 0 Å². The fourth-order valence-corrected chi connectivity index (χ4v) is 4.26. The SMILES string of the molecule is COc1ccc(Cc2cc(Sc3c(Cl)cc(C#N)cc3Cl)ccc2OC)cn1. The van der Waals surface area contributed by atoms with Gasteiger partial charge in [-0.15, -0.1) is 0 Å². The lowest BCUT2D eigenvalue weighted by molar-refractivity contribution is 0.397. The highest BCUT2D eigenvalue weighted by Crippen LogP contribution is 2.40. The van der Waals surface area contributed by atoms with Gasteiger partial charge in [-0.3, -0.25) is 0 Å². The lowest BCUT2D eigenvalue weighted by Crippen LogP contribution is -1.96. The minimum absolute atomic E-state index is 0.432. The van der Waals surface area contributed by atoms with Crippen LogP contribution in [0.4, 0.5) is 0 Å². The van der Waals surface area contributed by atoms with Crippen molar-refractivity contribution in [2.75, 3.05) is 14.2 Å². The summed E-state index contributed by atoms with van der Waals surface area (Å²) in [5, 5.41) is 9.93. The maximum absolute atomic E-state index is 9.03. The molecular weight excluding hydrogens is 415 g/mol. The quantitative estimate of drug-likeness (QED) is 0.478. The number of benzene rings is 2. The molecule has 7 heteroatoms. The van der Waals surface area contributed by atoms with E-state index in [2.05, 4.69) is 4.98 Å². The van der Waals surface area contributed by atoms with Crippen LogP contribution in [0.2, 0.25) is 10.0 Å². The highest BCUT2D eigenvalue weighted by atomic mass is 35.5. The van der Waals surface area contributed by atoms with Crippen LogP contribution in [0.1, 0.15) is 16.7 Å². The van der Waals surface area contributed by atoms with Crippen molar-refractivity contribution in [3.05, 3.63) is 75.4 Å². The molecular formula is C21H16Cl2N2O2S. The maximum atomic E-state index is 9.03. The average Bonchev–Trinajstić information content (AvgIpc) is 2.71. The number of ether oxygens (including phenoxy) is 2. The second kappa shape index (κ2) is 9.20. The summed E-state index contributed by atoms with van der Waals surface area (Å²) >= 11 is 14.1. The van der Waals surface area contributed by atoms with Crippen LogP contribution in [0.3, 0.4) is 0 Å². The van der Waals surface area contributed by atoms with E-state index < -0.39 is 0 Å². The van der Waals surface area contributed by atoms with Crippen molar-refractivity contribution in [2.24, 2.45) is 0 Å². The molecule has 0 radical (unpaired) electrons. The molecule has 0 aliphatic rings. The Balaban J connectivity index is 1.89. The molecule has 1 aromatic heterocycles. The monoisotopic (exact) mass is 430 g/mol. The molecule has 1 heterocycles. The Labute approximate surface area is 178 Å². The van der Waals surface area contributed by atoms with Crippen LogP contribution in [-0.2, 0) is 6.42 Å². The Kier molecular flexibility index (Phi) is 6.69. The summed E-state index contributed by atoms with van der Waals surface area (Å²) < 4.78 is 10.6. The van der Waals surface area contributed by atoms with E-state index in [0.29, 0.717) is 32.8 Å². The summed E-state index contributed by atoms with van der Waals surface area (Å²) in [6.45, 7) is 0. The molecule has 0 atom stereocenters. The van der Waals surface area contributed by atoms with E-state index in [1.54, 1.807) is 32.5 Å². The van der Waals surface area contributed by atoms with Crippen molar-refractivity contribution >= 4 is 35.0 Å². The Bertz CT molecular complexity index is 1010. The zero-order valence-corrected chi connectivity index (χ0v) is 17.5. The molecule has 142 valence electrons. The fourth-order valence-electron chi connectivity index (χ4n) is 2.65. The van der Waals surface area contributed by atoms with Gasteiger partial charge in [0, 0.05) is 28.5 Å². The van der Waals surface area contributed by atoms with E-state index in [4.69, 9.17) is 37.9 Å². The zero-order valence-electron chi connectivity index (χ0n) is 15.2. The second-order valence-corrected chi connectivity index (χ2v) is 7.74. The van der Waals surface area contributed by atoms with Gasteiger partial charge in [-0.1, -0.05) is 41.0 Å². The predicted molar refractivity (Wildman–Crippen MR) is 112 cm³/mol. The van der Waals surface area contributed by atoms with E-state index in [0.717, 1.165) is 21.8 Å². The van der Waals surface area contributed by atoms with Crippen molar-refractivity contribution in [1.82, 2.24) is 4.98 Å². The first kappa shape index (κ1) is 20.3. The minimum Gasteiger partial charge on any atom is -0.496 e. The Hall–Kier alpha value is -2.39. The van der Waals surface area contributed by atoms with Gasteiger partial charge in [0.05, 0.1) is 35.9 Å². The summed E-state index contributed by atoms with van der Waals surface area (Å²) in [5.74, 6) is 1.36. The molecule has 0 saturated heterocycles. The van der Waals surface area contributed by atoms with Crippen LogP contribution in [0, 0.1) is 11.3 Å². The van der Waals surface area contributed by atoms with Crippen molar-refractivity contribution in [3.8, 4) is 17.7 Å². The molecule has 0 aliphatic heterocycles. The number of rotatable bonds is 6. The van der Waals surface area contributed by atoms with E-state index in [1.807, 2.05) is 36.4 Å². The van der Waals surface area contributed by atoms with E-state index in [1.165, 1.54) is 11.8 Å². The van der Waals surface area contributed by atoms with Crippen LogP contribution in [-0.4, -0.2) is 19.2 Å². The summed E-state index contributed by atoms with van der Waals surface area (Å²) in [4.78, 5) is 5.93. The smallest absolute Gasteiger partial charge is 0.212 e. The van der Waals surface area contributed by atoms with Crippen molar-refractivity contribution < 1.29 is 9.47 Å². The number of halogens is 2. The molecule has 4 nitrogen and oxygen atoms in total. The molecule has 0 spiro atoms. The average molecular weight is 431 g/mol. The predicted octanol–water partition coefficient (Wildman–Crippen LogP) is 6.02. The van der Waals surface area contributed by atoms with Crippen LogP contribution >= 0.6 is 35.0 Å². The van der Waals surface area contributed by atoms with E-state index in [-0.39, 0.29) is 0 Å². The lowest BCUT2D eigenvalue weighted by atomic mass is 10.1. The summed E-state index contributed by atoms with van der Waals surface area (Å²) in [6, 6.07) is 15.0. The first-order valence-corrected chi connectivity index (χ1v) is 9.84. The molecule has 0 aliphatic carbocycles. The highest BCUT2D eigenvalue weighted by Gasteiger charge is 2.13. The van der Waals surface area contributed by atoms with Crippen molar-refractivity contribution in [2.45, 2.75) is 16.2 Å². The normalized spacial score (nSPS) is 10.4. The van der Waals surface area contributed by atoms with E-state index in [9.17, 15) is 0 Å². The molecule has 0 unspecified atom stereocenters. The first-order valence-electron chi connectivity index (χ1n) is 8.27. The van der Waals surface area contributed by atoms with Crippen LogP contribution < -0.4 is 9.47 Å². The number of hydrogen-bond acceptors (Lipinski definition) is 5. The number of methoxy groups -OCH3 is 2. The molecule has 0 saturated carbocycles. The number of nitrogens with zero attached hydrogens (tertiary/aromatic N) is 2. The van der Waals surface area contributed by atoms with Crippen LogP contribution in [0.15, 0.2) is 58.5 Å². The standard InChI is InChI=1S/C21H16Cl2N2O2S/c1-26-19-5-4-16(28-21-17(22)8-14(11-24)9-18(21)23)10-15(19)7-13-3-6-20(27-2)25-12-13/h3-6,8-10,12H,7H2,1-2H3. The van der Waals surface area contributed by atoms with Gasteiger partial charge < -0.3 is 9.47 Å². The van der Waals surface area contributed by atoms with E-state index >= 15 is 0 Å². The molecule has 0 N–H and O–H groups in total. The van der Waals surface area contributed by atoms with Gasteiger partial charge in [0.1, 0.15) is 5.75 Å². The van der Waals surface area contributed by atoms with Gasteiger partial charge in [0.25, 0.3) is 0 Å². The van der Waals surface area contributed by atoms with Gasteiger partial charge in [-0.25, -0.2) is 4.98 Å². The minimum atomic E-state index is 0.432. The second-order valence-electron chi connectivity index (χ2n) is 5.84. The van der Waals surface area contributed by atoms with Gasteiger partial charge in [0.2, 0.25) is 5.88 Å². The summed E-state index contributed by atoms with van der Waals surface area (Å²) in [7, 11) is 3.23. The first-order chi connectivity index (χ1) is 13.5. The number of hydrogen-bond donors (Lipinski definition) is 0. The largest absolute Gasteiger partial charge is 0.496 e. The molecule has 3 rings (SSSR count). The van der Waals surface area contributed by atoms with Crippen molar-refractivity contribution in [1.29, 1.82) is 5.26 Å². The maximum Gasteiger partial charge on any atom is 0.212 e. The fraction of sp³-hybridized carbons (Fsp3) is 0.143. The van der Waals surface area contributed by atoms with Gasteiger partial charge in [0.15, 0.2) is 0 Å². The molecule has 3 aromatic rings.